The van der Waals surface area contributed by atoms with Gasteiger partial charge in [0.25, 0.3) is 0 Å². The Morgan fingerprint density at radius 2 is 2.06 bits per heavy atom. The van der Waals surface area contributed by atoms with Gasteiger partial charge < -0.3 is 19.9 Å². The number of aliphatic hydroxyl groups excluding tert-OH is 1. The molecule has 0 aliphatic heterocycles. The molecule has 94 valence electrons. The van der Waals surface area contributed by atoms with E-state index >= 15 is 0 Å². The third kappa shape index (κ3) is 4.81. The maximum atomic E-state index is 11.4. The molecule has 0 aromatic rings. The molecule has 0 saturated heterocycles. The van der Waals surface area contributed by atoms with Crippen LogP contribution in [-0.2, 0) is 9.47 Å². The minimum atomic E-state index is -0.458. The van der Waals surface area contributed by atoms with Crippen LogP contribution in [0, 0.1) is 0 Å². The average Bonchev–Trinajstić information content (AvgIpc) is 2.05. The normalized spacial score (nSPS) is 24.8. The van der Waals surface area contributed by atoms with Gasteiger partial charge in [-0.05, 0) is 33.6 Å². The highest BCUT2D eigenvalue weighted by atomic mass is 16.6. The molecular weight excluding hydrogens is 210 g/mol. The summed E-state index contributed by atoms with van der Waals surface area (Å²) in [5.74, 6) is 0. The maximum Gasteiger partial charge on any atom is 0.407 e. The van der Waals surface area contributed by atoms with Crippen LogP contribution < -0.4 is 5.32 Å². The summed E-state index contributed by atoms with van der Waals surface area (Å²) in [5, 5.41) is 11.3. The highest BCUT2D eigenvalue weighted by Gasteiger charge is 2.32. The van der Waals surface area contributed by atoms with Gasteiger partial charge in [0.1, 0.15) is 5.60 Å². The zero-order valence-electron chi connectivity index (χ0n) is 10.2. The fourth-order valence-electron chi connectivity index (χ4n) is 1.51. The van der Waals surface area contributed by atoms with Crippen LogP contribution in [0.25, 0.3) is 0 Å². The molecule has 1 saturated carbocycles. The highest BCUT2D eigenvalue weighted by Crippen LogP contribution is 2.23. The Morgan fingerprint density at radius 1 is 1.44 bits per heavy atom. The van der Waals surface area contributed by atoms with Crippen molar-refractivity contribution < 1.29 is 19.4 Å². The smallest absolute Gasteiger partial charge is 0.407 e. The van der Waals surface area contributed by atoms with Crippen molar-refractivity contribution in [1.29, 1.82) is 0 Å². The fraction of sp³-hybridized carbons (Fsp3) is 0.909. The third-order valence-corrected chi connectivity index (χ3v) is 2.26. The van der Waals surface area contributed by atoms with Crippen LogP contribution in [0.1, 0.15) is 33.6 Å². The minimum absolute atomic E-state index is 0.0423. The lowest BCUT2D eigenvalue weighted by Gasteiger charge is -2.35. The molecule has 5 nitrogen and oxygen atoms in total. The fourth-order valence-corrected chi connectivity index (χ4v) is 1.51. The van der Waals surface area contributed by atoms with Crippen molar-refractivity contribution in [3.8, 4) is 0 Å². The number of rotatable bonds is 4. The van der Waals surface area contributed by atoms with E-state index in [-0.39, 0.29) is 24.8 Å². The summed E-state index contributed by atoms with van der Waals surface area (Å²) in [6.07, 6.45) is 1.36. The number of hydrogen-bond donors (Lipinski definition) is 2. The van der Waals surface area contributed by atoms with E-state index in [2.05, 4.69) is 5.32 Å². The first-order valence-corrected chi connectivity index (χ1v) is 5.62. The Balaban J connectivity index is 2.10. The molecule has 16 heavy (non-hydrogen) atoms. The van der Waals surface area contributed by atoms with Gasteiger partial charge in [0, 0.05) is 6.04 Å². The van der Waals surface area contributed by atoms with Crippen molar-refractivity contribution in [3.05, 3.63) is 0 Å². The summed E-state index contributed by atoms with van der Waals surface area (Å²) in [7, 11) is 0. The summed E-state index contributed by atoms with van der Waals surface area (Å²) in [5.41, 5.74) is -0.458. The summed E-state index contributed by atoms with van der Waals surface area (Å²) >= 11 is 0. The lowest BCUT2D eigenvalue weighted by atomic mass is 9.89. The first-order valence-electron chi connectivity index (χ1n) is 5.62. The van der Waals surface area contributed by atoms with E-state index < -0.39 is 5.60 Å². The second-order valence-corrected chi connectivity index (χ2v) is 5.03. The molecule has 0 spiro atoms. The number of aliphatic hydroxyl groups is 1. The van der Waals surface area contributed by atoms with E-state index in [1.807, 2.05) is 20.8 Å². The molecule has 0 unspecified atom stereocenters. The standard InChI is InChI=1S/C11H21NO4/c1-11(2,3)16-10(14)12-8-6-9(7-8)15-5-4-13/h8-9,13H,4-7H2,1-3H3,(H,12,14)/t8-,9-. The predicted molar refractivity (Wildman–Crippen MR) is 59.2 cm³/mol. The number of hydrogen-bond acceptors (Lipinski definition) is 4. The monoisotopic (exact) mass is 231 g/mol. The number of alkyl carbamates (subject to hydrolysis) is 1. The van der Waals surface area contributed by atoms with Gasteiger partial charge in [-0.25, -0.2) is 4.79 Å². The van der Waals surface area contributed by atoms with E-state index in [1.165, 1.54) is 0 Å². The van der Waals surface area contributed by atoms with Crippen molar-refractivity contribution in [2.24, 2.45) is 0 Å². The van der Waals surface area contributed by atoms with Crippen molar-refractivity contribution >= 4 is 6.09 Å². The SMILES string of the molecule is CC(C)(C)OC(=O)N[C@H]1C[C@H](OCCO)C1. The molecule has 0 heterocycles. The van der Waals surface area contributed by atoms with Crippen molar-refractivity contribution in [3.63, 3.8) is 0 Å². The highest BCUT2D eigenvalue weighted by molar-refractivity contribution is 5.68. The summed E-state index contributed by atoms with van der Waals surface area (Å²) in [4.78, 5) is 11.4. The van der Waals surface area contributed by atoms with Crippen LogP contribution in [-0.4, -0.2) is 42.2 Å². The molecule has 1 aliphatic carbocycles. The molecule has 0 bridgehead atoms. The Hall–Kier alpha value is -0.810. The summed E-state index contributed by atoms with van der Waals surface area (Å²) in [6, 6.07) is 0.138. The van der Waals surface area contributed by atoms with Gasteiger partial charge in [-0.15, -0.1) is 0 Å². The van der Waals surface area contributed by atoms with Gasteiger partial charge >= 0.3 is 6.09 Å². The van der Waals surface area contributed by atoms with Crippen molar-refractivity contribution in [1.82, 2.24) is 5.32 Å². The van der Waals surface area contributed by atoms with E-state index in [9.17, 15) is 4.79 Å². The van der Waals surface area contributed by atoms with Crippen molar-refractivity contribution in [2.75, 3.05) is 13.2 Å². The first kappa shape index (κ1) is 13.3. The summed E-state index contributed by atoms with van der Waals surface area (Å²) in [6.45, 7) is 5.91. The van der Waals surface area contributed by atoms with Crippen LogP contribution in [0.2, 0.25) is 0 Å². The third-order valence-electron chi connectivity index (χ3n) is 2.26. The number of nitrogens with one attached hydrogen (secondary N) is 1. The quantitative estimate of drug-likeness (QED) is 0.759. The van der Waals surface area contributed by atoms with Gasteiger partial charge in [-0.2, -0.15) is 0 Å². The lowest BCUT2D eigenvalue weighted by Crippen LogP contribution is -2.49. The van der Waals surface area contributed by atoms with Crippen molar-refractivity contribution in [2.45, 2.75) is 51.4 Å². The number of amides is 1. The molecule has 5 heteroatoms. The zero-order valence-corrected chi connectivity index (χ0v) is 10.2. The lowest BCUT2D eigenvalue weighted by molar-refractivity contribution is -0.0320. The Labute approximate surface area is 96.1 Å². The summed E-state index contributed by atoms with van der Waals surface area (Å²) < 4.78 is 10.4. The second kappa shape index (κ2) is 5.50. The minimum Gasteiger partial charge on any atom is -0.444 e. The predicted octanol–water partition coefficient (Wildman–Crippen LogP) is 1.05. The van der Waals surface area contributed by atoms with Gasteiger partial charge in [0.15, 0.2) is 0 Å². The molecule has 2 N–H and O–H groups in total. The van der Waals surface area contributed by atoms with E-state index in [4.69, 9.17) is 14.6 Å². The molecule has 0 atom stereocenters. The van der Waals surface area contributed by atoms with Gasteiger partial charge in [0.05, 0.1) is 19.3 Å². The van der Waals surface area contributed by atoms with Crippen LogP contribution in [0.3, 0.4) is 0 Å². The number of carbonyl (C=O) groups excluding carboxylic acids is 1. The van der Waals surface area contributed by atoms with Crippen LogP contribution in [0.4, 0.5) is 4.79 Å². The molecule has 1 amide bonds. The molecule has 0 radical (unpaired) electrons. The largest absolute Gasteiger partial charge is 0.444 e. The van der Waals surface area contributed by atoms with Crippen LogP contribution >= 0.6 is 0 Å². The van der Waals surface area contributed by atoms with Gasteiger partial charge in [-0.3, -0.25) is 0 Å². The first-order chi connectivity index (χ1) is 7.40. The second-order valence-electron chi connectivity index (χ2n) is 5.03. The van der Waals surface area contributed by atoms with E-state index in [0.29, 0.717) is 6.61 Å². The van der Waals surface area contributed by atoms with Gasteiger partial charge in [0.2, 0.25) is 0 Å². The maximum absolute atomic E-state index is 11.4. The average molecular weight is 231 g/mol. The molecular formula is C11H21NO4. The van der Waals surface area contributed by atoms with E-state index in [0.717, 1.165) is 12.8 Å². The zero-order chi connectivity index (χ0) is 12.2. The molecule has 1 aliphatic rings. The molecule has 1 fully saturated rings. The number of ether oxygens (including phenoxy) is 2. The Bertz CT molecular complexity index is 231. The Morgan fingerprint density at radius 3 is 2.56 bits per heavy atom. The molecule has 0 aromatic carbocycles. The molecule has 1 rings (SSSR count). The Kier molecular flexibility index (Phi) is 4.56. The van der Waals surface area contributed by atoms with Gasteiger partial charge in [-0.1, -0.05) is 0 Å². The topological polar surface area (TPSA) is 67.8 Å². The number of carbonyl (C=O) groups is 1. The van der Waals surface area contributed by atoms with E-state index in [1.54, 1.807) is 0 Å². The van der Waals surface area contributed by atoms with Crippen LogP contribution in [0.5, 0.6) is 0 Å². The van der Waals surface area contributed by atoms with Crippen LogP contribution in [0.15, 0.2) is 0 Å². The molecule has 0 aromatic heterocycles.